The van der Waals surface area contributed by atoms with E-state index in [1.165, 1.54) is 0 Å². The topological polar surface area (TPSA) is 15.3 Å². The number of hydrogen-bond acceptors (Lipinski definition) is 2. The van der Waals surface area contributed by atoms with Gasteiger partial charge in [-0.25, -0.2) is 4.39 Å². The summed E-state index contributed by atoms with van der Waals surface area (Å²) in [4.78, 5) is 0.940. The Labute approximate surface area is 146 Å². The largest absolute Gasteiger partial charge is 0.416 e. The summed E-state index contributed by atoms with van der Waals surface area (Å²) in [6.45, 7) is 0.458. The molecule has 1 aliphatic heterocycles. The van der Waals surface area contributed by atoms with Crippen molar-refractivity contribution in [2.45, 2.75) is 18.4 Å². The Morgan fingerprint density at radius 3 is 1.96 bits per heavy atom. The smallest absolute Gasteiger partial charge is 0.314 e. The second-order valence-corrected chi connectivity index (χ2v) is 4.96. The van der Waals surface area contributed by atoms with Crippen LogP contribution in [0.4, 0.5) is 30.7 Å². The summed E-state index contributed by atoms with van der Waals surface area (Å²) < 4.78 is 91.7. The molecule has 1 fully saturated rings. The van der Waals surface area contributed by atoms with Crippen molar-refractivity contribution >= 4 is 24.8 Å². The lowest BCUT2D eigenvalue weighted by Crippen LogP contribution is -2.49. The fourth-order valence-corrected chi connectivity index (χ4v) is 2.45. The van der Waals surface area contributed by atoms with Crippen LogP contribution in [0.2, 0.25) is 0 Å². The highest BCUT2D eigenvalue weighted by molar-refractivity contribution is 5.85. The summed E-state index contributed by atoms with van der Waals surface area (Å²) in [6, 6.07) is -1.28. The molecule has 0 spiro atoms. The minimum Gasteiger partial charge on any atom is -0.314 e. The molecular weight excluding hydrogens is 388 g/mol. The lowest BCUT2D eigenvalue weighted by atomic mass is 10.00. The quantitative estimate of drug-likeness (QED) is 0.745. The lowest BCUT2D eigenvalue weighted by molar-refractivity contribution is -0.189. The number of nitrogens with one attached hydrogen (secondary N) is 1. The monoisotopic (exact) mass is 402 g/mol. The van der Waals surface area contributed by atoms with Gasteiger partial charge in [-0.2, -0.15) is 26.3 Å². The zero-order chi connectivity index (χ0) is 16.5. The van der Waals surface area contributed by atoms with Crippen LogP contribution in [0.15, 0.2) is 18.2 Å². The highest BCUT2D eigenvalue weighted by Crippen LogP contribution is 2.41. The van der Waals surface area contributed by atoms with Gasteiger partial charge in [0, 0.05) is 31.7 Å². The number of piperazine rings is 1. The second kappa shape index (κ2) is 8.55. The Morgan fingerprint density at radius 2 is 1.50 bits per heavy atom. The summed E-state index contributed by atoms with van der Waals surface area (Å²) in [7, 11) is 0. The van der Waals surface area contributed by atoms with Gasteiger partial charge in [-0.1, -0.05) is 0 Å². The average molecular weight is 403 g/mol. The molecule has 11 heteroatoms. The number of nitrogens with zero attached hydrogens (tertiary/aromatic N) is 1. The number of benzene rings is 1. The van der Waals surface area contributed by atoms with Gasteiger partial charge in [0.2, 0.25) is 0 Å². The first-order valence-electron chi connectivity index (χ1n) is 6.49. The maximum absolute atomic E-state index is 13.8. The number of hydrogen-bond donors (Lipinski definition) is 1. The van der Waals surface area contributed by atoms with E-state index in [1.54, 1.807) is 0 Å². The molecule has 1 saturated heterocycles. The van der Waals surface area contributed by atoms with E-state index in [1.807, 2.05) is 0 Å². The minimum atomic E-state index is -4.87. The van der Waals surface area contributed by atoms with E-state index in [4.69, 9.17) is 0 Å². The predicted molar refractivity (Wildman–Crippen MR) is 79.1 cm³/mol. The van der Waals surface area contributed by atoms with E-state index in [9.17, 15) is 30.7 Å². The normalized spacial score (nSPS) is 17.6. The van der Waals surface area contributed by atoms with Crippen molar-refractivity contribution < 1.29 is 30.7 Å². The summed E-state index contributed by atoms with van der Waals surface area (Å²) >= 11 is 0. The van der Waals surface area contributed by atoms with Crippen molar-refractivity contribution in [3.63, 3.8) is 0 Å². The standard InChI is InChI=1S/C13H13F7N2.2ClH/c14-10-2-1-8(12(15,16)17)7-9(10)11(13(18,19)20)22-5-3-21-4-6-22;;/h1-2,7,11,21H,3-6H2;2*1H/t11-;;/m0../s1. The molecule has 24 heavy (non-hydrogen) atoms. The molecule has 0 aromatic heterocycles. The Balaban J connectivity index is 0.00000264. The molecule has 1 aromatic rings. The Hall–Kier alpha value is -0.770. The molecule has 0 aliphatic carbocycles. The third-order valence-corrected chi connectivity index (χ3v) is 3.44. The van der Waals surface area contributed by atoms with Crippen LogP contribution in [0.25, 0.3) is 0 Å². The van der Waals surface area contributed by atoms with Gasteiger partial charge in [0.1, 0.15) is 11.9 Å². The molecule has 0 radical (unpaired) electrons. The number of halogens is 9. The first-order valence-corrected chi connectivity index (χ1v) is 6.49. The van der Waals surface area contributed by atoms with Crippen LogP contribution in [-0.2, 0) is 6.18 Å². The van der Waals surface area contributed by atoms with E-state index in [0.717, 1.165) is 4.90 Å². The van der Waals surface area contributed by atoms with Crippen LogP contribution in [0.3, 0.4) is 0 Å². The molecule has 2 rings (SSSR count). The number of rotatable bonds is 2. The summed E-state index contributed by atoms with van der Waals surface area (Å²) in [6.07, 6.45) is -9.70. The van der Waals surface area contributed by atoms with Gasteiger partial charge in [-0.3, -0.25) is 4.90 Å². The maximum Gasteiger partial charge on any atom is 0.416 e. The molecule has 140 valence electrons. The molecule has 1 N–H and O–H groups in total. The molecule has 0 saturated carbocycles. The molecule has 0 unspecified atom stereocenters. The van der Waals surface area contributed by atoms with Crippen LogP contribution in [0.5, 0.6) is 0 Å². The van der Waals surface area contributed by atoms with Gasteiger partial charge < -0.3 is 5.32 Å². The van der Waals surface area contributed by atoms with Gasteiger partial charge in [-0.15, -0.1) is 24.8 Å². The van der Waals surface area contributed by atoms with E-state index in [0.29, 0.717) is 12.1 Å². The van der Waals surface area contributed by atoms with Crippen LogP contribution >= 0.6 is 24.8 Å². The molecule has 1 heterocycles. The summed E-state index contributed by atoms with van der Waals surface area (Å²) in [5.41, 5.74) is -2.29. The highest BCUT2D eigenvalue weighted by Gasteiger charge is 2.47. The summed E-state index contributed by atoms with van der Waals surface area (Å²) in [5, 5.41) is 2.84. The summed E-state index contributed by atoms with van der Waals surface area (Å²) in [5.74, 6) is -1.30. The zero-order valence-electron chi connectivity index (χ0n) is 12.0. The molecule has 0 bridgehead atoms. The molecule has 2 nitrogen and oxygen atoms in total. The van der Waals surface area contributed by atoms with Crippen molar-refractivity contribution in [1.29, 1.82) is 0 Å². The van der Waals surface area contributed by atoms with Gasteiger partial charge in [-0.05, 0) is 18.2 Å². The fourth-order valence-electron chi connectivity index (χ4n) is 2.45. The zero-order valence-corrected chi connectivity index (χ0v) is 13.7. The molecular formula is C13H15Cl2F7N2. The molecule has 1 atom stereocenters. The Morgan fingerprint density at radius 1 is 0.958 bits per heavy atom. The van der Waals surface area contributed by atoms with E-state index in [2.05, 4.69) is 5.32 Å². The van der Waals surface area contributed by atoms with Crippen molar-refractivity contribution in [1.82, 2.24) is 10.2 Å². The van der Waals surface area contributed by atoms with Crippen LogP contribution < -0.4 is 5.32 Å². The highest BCUT2D eigenvalue weighted by atomic mass is 35.5. The fraction of sp³-hybridized carbons (Fsp3) is 0.538. The minimum absolute atomic E-state index is 0. The van der Waals surface area contributed by atoms with Crippen molar-refractivity contribution in [3.8, 4) is 0 Å². The molecule has 1 aromatic carbocycles. The van der Waals surface area contributed by atoms with E-state index >= 15 is 0 Å². The predicted octanol–water partition coefficient (Wildman–Crippen LogP) is 4.20. The third-order valence-electron chi connectivity index (χ3n) is 3.44. The van der Waals surface area contributed by atoms with Crippen molar-refractivity contribution in [2.75, 3.05) is 26.2 Å². The number of alkyl halides is 6. The van der Waals surface area contributed by atoms with E-state index < -0.39 is 35.3 Å². The van der Waals surface area contributed by atoms with Crippen LogP contribution in [0, 0.1) is 5.82 Å². The van der Waals surface area contributed by atoms with E-state index in [-0.39, 0.29) is 57.1 Å². The Bertz CT molecular complexity index is 528. The lowest BCUT2D eigenvalue weighted by Gasteiger charge is -2.36. The molecule has 0 amide bonds. The van der Waals surface area contributed by atoms with Crippen LogP contribution in [0.1, 0.15) is 17.2 Å². The second-order valence-electron chi connectivity index (χ2n) is 4.96. The average Bonchev–Trinajstić information content (AvgIpc) is 2.39. The molecule has 1 aliphatic rings. The maximum atomic E-state index is 13.8. The third kappa shape index (κ3) is 5.37. The Kier molecular flexibility index (Phi) is 8.28. The first-order chi connectivity index (χ1) is 10.1. The first kappa shape index (κ1) is 23.2. The van der Waals surface area contributed by atoms with Gasteiger partial charge in [0.15, 0.2) is 0 Å². The van der Waals surface area contributed by atoms with Gasteiger partial charge >= 0.3 is 12.4 Å². The van der Waals surface area contributed by atoms with Gasteiger partial charge in [0.25, 0.3) is 0 Å². The SMILES string of the molecule is Cl.Cl.Fc1ccc(C(F)(F)F)cc1[C@H](N1CCNCC1)C(F)(F)F. The van der Waals surface area contributed by atoms with Crippen molar-refractivity contribution in [3.05, 3.63) is 35.1 Å². The van der Waals surface area contributed by atoms with Crippen molar-refractivity contribution in [2.24, 2.45) is 0 Å². The van der Waals surface area contributed by atoms with Crippen LogP contribution in [-0.4, -0.2) is 37.3 Å². The van der Waals surface area contributed by atoms with Gasteiger partial charge in [0.05, 0.1) is 5.56 Å².